The van der Waals surface area contributed by atoms with Crippen LogP contribution in [0.25, 0.3) is 0 Å². The Bertz CT molecular complexity index is 511. The quantitative estimate of drug-likeness (QED) is 0.386. The SMILES string of the molecule is COc1ccc(OC)c(NC(N)=NCC2CCCC2O)c1.I. The standard InChI is InChI=1S/C15H23N3O3.HI/c1-20-11-6-7-14(21-2)12(8-11)18-15(16)17-9-10-4-3-5-13(10)19;/h6-8,10,13,19H,3-5,9H2,1-2H3,(H3,16,17,18);1H. The molecule has 0 spiro atoms. The molecule has 22 heavy (non-hydrogen) atoms. The van der Waals surface area contributed by atoms with Crippen LogP contribution in [-0.4, -0.2) is 37.9 Å². The molecule has 0 heterocycles. The Balaban J connectivity index is 0.00000242. The zero-order valence-electron chi connectivity index (χ0n) is 12.9. The van der Waals surface area contributed by atoms with Gasteiger partial charge < -0.3 is 25.6 Å². The van der Waals surface area contributed by atoms with Gasteiger partial charge in [-0.2, -0.15) is 0 Å². The predicted octanol–water partition coefficient (Wildman–Crippen LogP) is 2.21. The molecule has 2 unspecified atom stereocenters. The summed E-state index contributed by atoms with van der Waals surface area (Å²) in [5.41, 5.74) is 6.60. The van der Waals surface area contributed by atoms with Crippen LogP contribution in [0.15, 0.2) is 23.2 Å². The number of methoxy groups -OCH3 is 2. The first-order valence-corrected chi connectivity index (χ1v) is 7.11. The summed E-state index contributed by atoms with van der Waals surface area (Å²) in [6.07, 6.45) is 2.66. The van der Waals surface area contributed by atoms with Crippen molar-refractivity contribution in [2.24, 2.45) is 16.6 Å². The van der Waals surface area contributed by atoms with Gasteiger partial charge in [-0.1, -0.05) is 6.42 Å². The fourth-order valence-electron chi connectivity index (χ4n) is 2.54. The number of aliphatic hydroxyl groups excluding tert-OH is 1. The Morgan fingerprint density at radius 1 is 1.36 bits per heavy atom. The molecule has 0 saturated heterocycles. The molecule has 2 atom stereocenters. The van der Waals surface area contributed by atoms with Gasteiger partial charge >= 0.3 is 0 Å². The molecule has 6 nitrogen and oxygen atoms in total. The van der Waals surface area contributed by atoms with Crippen LogP contribution >= 0.6 is 24.0 Å². The van der Waals surface area contributed by atoms with Gasteiger partial charge in [0.15, 0.2) is 5.96 Å². The van der Waals surface area contributed by atoms with Crippen molar-refractivity contribution in [3.05, 3.63) is 18.2 Å². The lowest BCUT2D eigenvalue weighted by Gasteiger charge is -2.14. The second-order valence-electron chi connectivity index (χ2n) is 5.18. The van der Waals surface area contributed by atoms with Crippen LogP contribution in [0, 0.1) is 5.92 Å². The summed E-state index contributed by atoms with van der Waals surface area (Å²) in [6.45, 7) is 0.534. The second kappa shape index (κ2) is 9.04. The van der Waals surface area contributed by atoms with Gasteiger partial charge in [-0.15, -0.1) is 24.0 Å². The van der Waals surface area contributed by atoms with Crippen LogP contribution < -0.4 is 20.5 Å². The zero-order chi connectivity index (χ0) is 15.2. The number of halogens is 1. The molecule has 0 aromatic heterocycles. The molecular weight excluding hydrogens is 397 g/mol. The first-order valence-electron chi connectivity index (χ1n) is 7.11. The van der Waals surface area contributed by atoms with Crippen LogP contribution in [0.2, 0.25) is 0 Å². The number of anilines is 1. The summed E-state index contributed by atoms with van der Waals surface area (Å²) in [4.78, 5) is 4.31. The van der Waals surface area contributed by atoms with Crippen molar-refractivity contribution in [1.29, 1.82) is 0 Å². The Morgan fingerprint density at radius 3 is 2.73 bits per heavy atom. The van der Waals surface area contributed by atoms with E-state index < -0.39 is 0 Å². The summed E-state index contributed by atoms with van der Waals surface area (Å²) in [5.74, 6) is 1.88. The largest absolute Gasteiger partial charge is 0.497 e. The fourth-order valence-corrected chi connectivity index (χ4v) is 2.54. The number of guanidine groups is 1. The Labute approximate surface area is 148 Å². The molecule has 0 amide bonds. The molecule has 0 aliphatic heterocycles. The first-order chi connectivity index (χ1) is 10.1. The lowest BCUT2D eigenvalue weighted by atomic mass is 10.1. The smallest absolute Gasteiger partial charge is 0.193 e. The molecule has 1 fully saturated rings. The van der Waals surface area contributed by atoms with Crippen LogP contribution in [-0.2, 0) is 0 Å². The zero-order valence-corrected chi connectivity index (χ0v) is 15.2. The van der Waals surface area contributed by atoms with Crippen molar-refractivity contribution in [3.8, 4) is 11.5 Å². The number of nitrogens with one attached hydrogen (secondary N) is 1. The molecule has 2 rings (SSSR count). The van der Waals surface area contributed by atoms with E-state index in [1.54, 1.807) is 26.4 Å². The van der Waals surface area contributed by atoms with E-state index in [-0.39, 0.29) is 36.0 Å². The van der Waals surface area contributed by atoms with Gasteiger partial charge in [0, 0.05) is 18.5 Å². The van der Waals surface area contributed by atoms with E-state index in [1.165, 1.54) is 0 Å². The van der Waals surface area contributed by atoms with Crippen LogP contribution in [0.3, 0.4) is 0 Å². The summed E-state index contributed by atoms with van der Waals surface area (Å²) in [7, 11) is 3.19. The van der Waals surface area contributed by atoms with Gasteiger partial charge in [0.25, 0.3) is 0 Å². The summed E-state index contributed by atoms with van der Waals surface area (Å²) in [5, 5.41) is 12.8. The number of hydrogen-bond donors (Lipinski definition) is 3. The van der Waals surface area contributed by atoms with Gasteiger partial charge in [0.2, 0.25) is 0 Å². The molecule has 1 aliphatic rings. The van der Waals surface area contributed by atoms with Gasteiger partial charge in [0.05, 0.1) is 26.0 Å². The first kappa shape index (κ1) is 18.8. The number of nitrogens with two attached hydrogens (primary N) is 1. The van der Waals surface area contributed by atoms with Crippen molar-refractivity contribution >= 4 is 35.6 Å². The minimum Gasteiger partial charge on any atom is -0.497 e. The molecule has 1 aliphatic carbocycles. The van der Waals surface area contributed by atoms with E-state index >= 15 is 0 Å². The Kier molecular flexibility index (Phi) is 7.74. The van der Waals surface area contributed by atoms with Gasteiger partial charge in [-0.3, -0.25) is 4.99 Å². The van der Waals surface area contributed by atoms with E-state index in [2.05, 4.69) is 10.3 Å². The number of aliphatic hydroxyl groups is 1. The Hall–Kier alpha value is -1.22. The molecule has 0 radical (unpaired) electrons. The number of benzene rings is 1. The topological polar surface area (TPSA) is 89.1 Å². The van der Waals surface area contributed by atoms with E-state index in [0.29, 0.717) is 29.7 Å². The van der Waals surface area contributed by atoms with E-state index in [0.717, 1.165) is 19.3 Å². The van der Waals surface area contributed by atoms with Crippen LogP contribution in [0.1, 0.15) is 19.3 Å². The third-order valence-corrected chi connectivity index (χ3v) is 3.78. The average molecular weight is 421 g/mol. The van der Waals surface area contributed by atoms with E-state index in [1.807, 2.05) is 6.07 Å². The number of nitrogens with zero attached hydrogens (tertiary/aromatic N) is 1. The molecule has 1 saturated carbocycles. The molecule has 1 aromatic carbocycles. The maximum Gasteiger partial charge on any atom is 0.193 e. The molecule has 7 heteroatoms. The normalized spacial score (nSPS) is 21.1. The molecular formula is C15H24IN3O3. The molecule has 124 valence electrons. The summed E-state index contributed by atoms with van der Waals surface area (Å²) in [6, 6.07) is 5.41. The van der Waals surface area contributed by atoms with Crippen LogP contribution in [0.5, 0.6) is 11.5 Å². The number of aliphatic imine (C=N–C) groups is 1. The van der Waals surface area contributed by atoms with Crippen molar-refractivity contribution in [2.75, 3.05) is 26.1 Å². The third kappa shape index (κ3) is 4.91. The van der Waals surface area contributed by atoms with Crippen molar-refractivity contribution in [3.63, 3.8) is 0 Å². The van der Waals surface area contributed by atoms with Gasteiger partial charge in [-0.25, -0.2) is 0 Å². The fraction of sp³-hybridized carbons (Fsp3) is 0.533. The third-order valence-electron chi connectivity index (χ3n) is 3.78. The minimum atomic E-state index is -0.257. The van der Waals surface area contributed by atoms with Gasteiger partial charge in [0.1, 0.15) is 11.5 Å². The van der Waals surface area contributed by atoms with Crippen molar-refractivity contribution in [2.45, 2.75) is 25.4 Å². The van der Waals surface area contributed by atoms with Crippen molar-refractivity contribution < 1.29 is 14.6 Å². The highest BCUT2D eigenvalue weighted by Crippen LogP contribution is 2.29. The maximum absolute atomic E-state index is 9.78. The lowest BCUT2D eigenvalue weighted by Crippen LogP contribution is -2.25. The van der Waals surface area contributed by atoms with E-state index in [9.17, 15) is 5.11 Å². The molecule has 0 bridgehead atoms. The summed E-state index contributed by atoms with van der Waals surface area (Å²) < 4.78 is 10.5. The molecule has 1 aromatic rings. The monoisotopic (exact) mass is 421 g/mol. The highest BCUT2D eigenvalue weighted by atomic mass is 127. The van der Waals surface area contributed by atoms with Crippen LogP contribution in [0.4, 0.5) is 5.69 Å². The lowest BCUT2D eigenvalue weighted by molar-refractivity contribution is 0.137. The number of rotatable bonds is 5. The summed E-state index contributed by atoms with van der Waals surface area (Å²) >= 11 is 0. The second-order valence-corrected chi connectivity index (χ2v) is 5.18. The average Bonchev–Trinajstić information content (AvgIpc) is 2.90. The highest BCUT2D eigenvalue weighted by molar-refractivity contribution is 14.0. The number of hydrogen-bond acceptors (Lipinski definition) is 4. The predicted molar refractivity (Wildman–Crippen MR) is 98.4 cm³/mol. The molecule has 4 N–H and O–H groups in total. The van der Waals surface area contributed by atoms with Crippen molar-refractivity contribution in [1.82, 2.24) is 0 Å². The minimum absolute atomic E-state index is 0. The maximum atomic E-state index is 9.78. The highest BCUT2D eigenvalue weighted by Gasteiger charge is 2.24. The Morgan fingerprint density at radius 2 is 2.14 bits per heavy atom. The van der Waals surface area contributed by atoms with Gasteiger partial charge in [-0.05, 0) is 25.0 Å². The number of ether oxygens (including phenoxy) is 2. The van der Waals surface area contributed by atoms with E-state index in [4.69, 9.17) is 15.2 Å².